The minimum Gasteiger partial charge on any atom is -0.598 e. The number of aromatic nitrogens is 1. The second-order valence-corrected chi connectivity index (χ2v) is 8.69. The van der Waals surface area contributed by atoms with Crippen molar-refractivity contribution in [3.63, 3.8) is 0 Å². The first-order valence-corrected chi connectivity index (χ1v) is 8.31. The Morgan fingerprint density at radius 1 is 1.59 bits per heavy atom. The van der Waals surface area contributed by atoms with Gasteiger partial charge in [0.2, 0.25) is 0 Å². The molecule has 2 rings (SSSR count). The molecule has 1 aliphatic heterocycles. The number of hydrogen-bond acceptors (Lipinski definition) is 5. The molecule has 1 aliphatic rings. The van der Waals surface area contributed by atoms with Gasteiger partial charge in [0.15, 0.2) is 5.54 Å². The van der Waals surface area contributed by atoms with Crippen molar-refractivity contribution >= 4 is 28.9 Å². The lowest BCUT2D eigenvalue weighted by Crippen LogP contribution is -2.62. The molecule has 1 aromatic heterocycles. The standard InChI is InChI=1S/C14H19ClN2O4S/c1-13(2,3)22(20)17-14(7-21-8-14)12-9(5-11(18)19)4-10(15)6-16-12/h4,6,17H,5,7-8H2,1-3H3,(H,18,19). The van der Waals surface area contributed by atoms with Crippen LogP contribution in [0.4, 0.5) is 0 Å². The Morgan fingerprint density at radius 3 is 2.68 bits per heavy atom. The largest absolute Gasteiger partial charge is 0.598 e. The molecule has 2 N–H and O–H groups in total. The van der Waals surface area contributed by atoms with Gasteiger partial charge in [0, 0.05) is 17.6 Å². The monoisotopic (exact) mass is 346 g/mol. The van der Waals surface area contributed by atoms with Crippen LogP contribution in [0.2, 0.25) is 5.02 Å². The summed E-state index contributed by atoms with van der Waals surface area (Å²) in [4.78, 5) is 15.4. The Morgan fingerprint density at radius 2 is 2.23 bits per heavy atom. The predicted molar refractivity (Wildman–Crippen MR) is 84.1 cm³/mol. The zero-order chi connectivity index (χ0) is 16.5. The second kappa shape index (κ2) is 6.33. The predicted octanol–water partition coefficient (Wildman–Crippen LogP) is 1.64. The molecule has 1 atom stereocenters. The van der Waals surface area contributed by atoms with E-state index in [1.165, 1.54) is 6.20 Å². The van der Waals surface area contributed by atoms with Crippen molar-refractivity contribution in [1.29, 1.82) is 0 Å². The lowest BCUT2D eigenvalue weighted by atomic mass is 9.89. The number of aliphatic carboxylic acids is 1. The summed E-state index contributed by atoms with van der Waals surface area (Å²) in [5.41, 5.74) is 0.290. The lowest BCUT2D eigenvalue weighted by molar-refractivity contribution is -0.136. The Hall–Kier alpha value is -0.860. The zero-order valence-corrected chi connectivity index (χ0v) is 14.3. The maximum absolute atomic E-state index is 12.4. The highest BCUT2D eigenvalue weighted by molar-refractivity contribution is 7.90. The Bertz CT molecular complexity index is 572. The van der Waals surface area contributed by atoms with Crippen LogP contribution in [0.3, 0.4) is 0 Å². The summed E-state index contributed by atoms with van der Waals surface area (Å²) in [7, 11) is 0. The van der Waals surface area contributed by atoms with Crippen LogP contribution in [0.25, 0.3) is 0 Å². The summed E-state index contributed by atoms with van der Waals surface area (Å²) >= 11 is 4.59. The third kappa shape index (κ3) is 3.72. The third-order valence-electron chi connectivity index (χ3n) is 3.27. The average Bonchev–Trinajstić information content (AvgIpc) is 2.32. The zero-order valence-electron chi connectivity index (χ0n) is 12.7. The molecule has 0 aromatic carbocycles. The highest BCUT2D eigenvalue weighted by Gasteiger charge is 2.49. The van der Waals surface area contributed by atoms with Crippen LogP contribution < -0.4 is 4.72 Å². The van der Waals surface area contributed by atoms with E-state index in [1.807, 2.05) is 20.8 Å². The molecule has 0 amide bonds. The topological polar surface area (TPSA) is 94.5 Å². The number of nitrogens with zero attached hydrogens (tertiary/aromatic N) is 1. The first-order chi connectivity index (χ1) is 10.1. The molecule has 122 valence electrons. The number of ether oxygens (including phenoxy) is 1. The molecule has 6 nitrogen and oxygen atoms in total. The van der Waals surface area contributed by atoms with Crippen LogP contribution in [0, 0.1) is 0 Å². The van der Waals surface area contributed by atoms with Gasteiger partial charge in [-0.15, -0.1) is 4.72 Å². The van der Waals surface area contributed by atoms with Crippen molar-refractivity contribution in [2.75, 3.05) is 13.2 Å². The molecule has 0 spiro atoms. The van der Waals surface area contributed by atoms with E-state index in [0.717, 1.165) is 0 Å². The van der Waals surface area contributed by atoms with Crippen LogP contribution in [0.1, 0.15) is 32.0 Å². The van der Waals surface area contributed by atoms with Gasteiger partial charge in [-0.1, -0.05) is 11.6 Å². The lowest BCUT2D eigenvalue weighted by Gasteiger charge is -2.43. The molecule has 8 heteroatoms. The van der Waals surface area contributed by atoms with E-state index in [4.69, 9.17) is 21.4 Å². The molecule has 0 bridgehead atoms. The van der Waals surface area contributed by atoms with Gasteiger partial charge < -0.3 is 14.4 Å². The summed E-state index contributed by atoms with van der Waals surface area (Å²) in [6.45, 7) is 6.15. The molecule has 1 aromatic rings. The van der Waals surface area contributed by atoms with Gasteiger partial charge in [-0.2, -0.15) is 0 Å². The number of nitrogens with one attached hydrogen (secondary N) is 1. The van der Waals surface area contributed by atoms with Crippen LogP contribution in [-0.2, 0) is 32.9 Å². The van der Waals surface area contributed by atoms with Crippen LogP contribution in [0.5, 0.6) is 0 Å². The van der Waals surface area contributed by atoms with E-state index in [9.17, 15) is 9.35 Å². The molecule has 0 radical (unpaired) electrons. The molecule has 2 heterocycles. The maximum atomic E-state index is 12.4. The van der Waals surface area contributed by atoms with Crippen molar-refractivity contribution in [3.05, 3.63) is 28.5 Å². The fraction of sp³-hybridized carbons (Fsp3) is 0.571. The first-order valence-electron chi connectivity index (χ1n) is 6.78. The van der Waals surface area contributed by atoms with Gasteiger partial charge in [0.05, 0.1) is 30.4 Å². The fourth-order valence-corrected chi connectivity index (χ4v) is 3.15. The molecular formula is C14H19ClN2O4S. The van der Waals surface area contributed by atoms with Gasteiger partial charge >= 0.3 is 5.97 Å². The molecule has 0 aliphatic carbocycles. The quantitative estimate of drug-likeness (QED) is 0.787. The van der Waals surface area contributed by atoms with Crippen LogP contribution in [-0.4, -0.2) is 38.6 Å². The minimum absolute atomic E-state index is 0.200. The van der Waals surface area contributed by atoms with E-state index in [-0.39, 0.29) is 19.6 Å². The van der Waals surface area contributed by atoms with Gasteiger partial charge in [0.25, 0.3) is 0 Å². The van der Waals surface area contributed by atoms with Gasteiger partial charge in [-0.25, -0.2) is 0 Å². The SMILES string of the molecule is CC(C)(C)[S+]([O-])NC1(c2ncc(Cl)cc2CC(=O)O)COC1. The van der Waals surface area contributed by atoms with Crippen molar-refractivity contribution in [2.24, 2.45) is 0 Å². The molecule has 1 fully saturated rings. The highest BCUT2D eigenvalue weighted by atomic mass is 35.5. The van der Waals surface area contributed by atoms with E-state index in [1.54, 1.807) is 6.07 Å². The Balaban J connectivity index is 2.36. The number of halogens is 1. The number of rotatable bonds is 5. The normalized spacial score (nSPS) is 18.6. The number of carbonyl (C=O) groups is 1. The van der Waals surface area contributed by atoms with Crippen LogP contribution >= 0.6 is 11.6 Å². The van der Waals surface area contributed by atoms with Crippen LogP contribution in [0.15, 0.2) is 12.3 Å². The molecule has 22 heavy (non-hydrogen) atoms. The summed E-state index contributed by atoms with van der Waals surface area (Å²) in [6.07, 6.45) is 1.26. The van der Waals surface area contributed by atoms with E-state index in [2.05, 4.69) is 9.71 Å². The van der Waals surface area contributed by atoms with Gasteiger partial charge in [0.1, 0.15) is 4.75 Å². The van der Waals surface area contributed by atoms with E-state index >= 15 is 0 Å². The van der Waals surface area contributed by atoms with E-state index in [0.29, 0.717) is 16.3 Å². The van der Waals surface area contributed by atoms with Crippen molar-refractivity contribution < 1.29 is 19.2 Å². The van der Waals surface area contributed by atoms with Crippen molar-refractivity contribution in [3.8, 4) is 0 Å². The Kier molecular flexibility index (Phi) is 5.03. The summed E-state index contributed by atoms with van der Waals surface area (Å²) in [5, 5.41) is 9.44. The minimum atomic E-state index is -1.33. The van der Waals surface area contributed by atoms with Gasteiger partial charge in [-0.3, -0.25) is 9.78 Å². The molecule has 1 unspecified atom stereocenters. The molecule has 0 saturated carbocycles. The highest BCUT2D eigenvalue weighted by Crippen LogP contribution is 2.34. The number of hydrogen-bond donors (Lipinski definition) is 2. The average molecular weight is 347 g/mol. The third-order valence-corrected chi connectivity index (χ3v) is 5.16. The maximum Gasteiger partial charge on any atom is 0.307 e. The van der Waals surface area contributed by atoms with E-state index < -0.39 is 27.6 Å². The fourth-order valence-electron chi connectivity index (χ4n) is 2.09. The second-order valence-electron chi connectivity index (χ2n) is 6.29. The smallest absolute Gasteiger partial charge is 0.307 e. The first kappa shape index (κ1) is 17.5. The van der Waals surface area contributed by atoms with Gasteiger partial charge in [-0.05, 0) is 32.4 Å². The van der Waals surface area contributed by atoms with Crippen molar-refractivity contribution in [2.45, 2.75) is 37.5 Å². The Labute approximate surface area is 137 Å². The number of carboxylic acids is 1. The summed E-state index contributed by atoms with van der Waals surface area (Å²) in [5.74, 6) is -0.974. The summed E-state index contributed by atoms with van der Waals surface area (Å²) in [6, 6.07) is 1.58. The molecule has 1 saturated heterocycles. The summed E-state index contributed by atoms with van der Waals surface area (Å²) < 4.78 is 20.3. The molecular weight excluding hydrogens is 328 g/mol. The van der Waals surface area contributed by atoms with Crippen molar-refractivity contribution in [1.82, 2.24) is 9.71 Å². The number of pyridine rings is 1. The number of carboxylic acid groups (broad SMARTS) is 1.